The first-order valence-corrected chi connectivity index (χ1v) is 12.2. The van der Waals surface area contributed by atoms with Crippen molar-refractivity contribution in [3.63, 3.8) is 0 Å². The maximum atomic E-state index is 13.0. The number of rotatable bonds is 3. The van der Waals surface area contributed by atoms with Crippen molar-refractivity contribution in [2.24, 2.45) is 0 Å². The molecule has 2 aromatic carbocycles. The van der Waals surface area contributed by atoms with Crippen LogP contribution in [0.25, 0.3) is 0 Å². The van der Waals surface area contributed by atoms with E-state index in [0.717, 1.165) is 37.1 Å². The Hall–Kier alpha value is -2.90. The van der Waals surface area contributed by atoms with Gasteiger partial charge in [-0.1, -0.05) is 32.0 Å². The van der Waals surface area contributed by atoms with Gasteiger partial charge in [0.2, 0.25) is 5.91 Å². The van der Waals surface area contributed by atoms with Crippen LogP contribution < -0.4 is 10.1 Å². The van der Waals surface area contributed by atoms with Crippen LogP contribution in [0.2, 0.25) is 0 Å². The molecule has 1 saturated heterocycles. The number of carbonyl (C=O) groups is 2. The zero-order valence-corrected chi connectivity index (χ0v) is 20.5. The zero-order valence-electron chi connectivity index (χ0n) is 20.5. The number of benzene rings is 2. The van der Waals surface area contributed by atoms with Crippen molar-refractivity contribution in [1.29, 1.82) is 0 Å². The highest BCUT2D eigenvalue weighted by Gasteiger charge is 2.37. The average Bonchev–Trinajstić information content (AvgIpc) is 3.21. The number of likely N-dealkylation sites (N-methyl/N-ethyl adjacent to an activating group) is 1. The highest BCUT2D eigenvalue weighted by atomic mass is 16.5. The van der Waals surface area contributed by atoms with Crippen LogP contribution in [0.15, 0.2) is 42.5 Å². The van der Waals surface area contributed by atoms with Crippen LogP contribution >= 0.6 is 0 Å². The van der Waals surface area contributed by atoms with E-state index in [9.17, 15) is 9.59 Å². The Labute approximate surface area is 202 Å². The largest absolute Gasteiger partial charge is 0.457 e. The molecule has 0 radical (unpaired) electrons. The molecule has 182 valence electrons. The second-order valence-electron chi connectivity index (χ2n) is 9.34. The van der Waals surface area contributed by atoms with Gasteiger partial charge in [-0.25, -0.2) is 0 Å². The Morgan fingerprint density at radius 1 is 1.09 bits per heavy atom. The number of likely N-dealkylation sites (tertiary alicyclic amines) is 1. The first-order valence-electron chi connectivity index (χ1n) is 12.2. The van der Waals surface area contributed by atoms with Gasteiger partial charge in [0.1, 0.15) is 11.5 Å². The molecule has 34 heavy (non-hydrogen) atoms. The monoisotopic (exact) mass is 465 g/mol. The van der Waals surface area contributed by atoms with Gasteiger partial charge >= 0.3 is 0 Å². The highest BCUT2D eigenvalue weighted by Crippen LogP contribution is 2.28. The molecule has 2 aromatic rings. The SMILES string of the molecule is CCC(CC)N1C[C@@H]2NC(=O)CN(C)C(=O)c3ccc(C)c(c3)Oc3cccc(c3)CO[C@H]2C1. The molecule has 0 aliphatic carbocycles. The van der Waals surface area contributed by atoms with Gasteiger partial charge in [0.25, 0.3) is 5.91 Å². The summed E-state index contributed by atoms with van der Waals surface area (Å²) in [4.78, 5) is 29.8. The molecule has 2 aliphatic heterocycles. The van der Waals surface area contributed by atoms with E-state index in [1.807, 2.05) is 37.3 Å². The van der Waals surface area contributed by atoms with Crippen LogP contribution in [0.5, 0.6) is 11.5 Å². The standard InChI is InChI=1S/C27H35N3O4/c1-5-21(6-2)30-14-23-25(15-30)33-17-19-8-7-9-22(12-19)34-24-13-20(11-10-18(24)3)27(32)29(4)16-26(31)28-23/h7-13,21,23,25H,5-6,14-17H2,1-4H3,(H,28,31)/t23-,25-/m0/s1. The van der Waals surface area contributed by atoms with Crippen LogP contribution in [0.1, 0.15) is 48.2 Å². The van der Waals surface area contributed by atoms with Gasteiger partial charge in [-0.2, -0.15) is 0 Å². The van der Waals surface area contributed by atoms with E-state index < -0.39 is 0 Å². The number of nitrogens with zero attached hydrogens (tertiary/aromatic N) is 2. The lowest BCUT2D eigenvalue weighted by Crippen LogP contribution is -2.48. The predicted molar refractivity (Wildman–Crippen MR) is 131 cm³/mol. The Bertz CT molecular complexity index is 1040. The minimum absolute atomic E-state index is 0.0177. The maximum Gasteiger partial charge on any atom is 0.254 e. The van der Waals surface area contributed by atoms with E-state index in [1.165, 1.54) is 4.90 Å². The number of carbonyl (C=O) groups excluding carboxylic acids is 2. The van der Waals surface area contributed by atoms with Gasteiger partial charge in [0, 0.05) is 31.7 Å². The van der Waals surface area contributed by atoms with Crippen molar-refractivity contribution in [2.75, 3.05) is 26.7 Å². The van der Waals surface area contributed by atoms with Crippen molar-refractivity contribution in [2.45, 2.75) is 58.4 Å². The fraction of sp³-hybridized carbons (Fsp3) is 0.481. The summed E-state index contributed by atoms with van der Waals surface area (Å²) in [5.41, 5.74) is 2.41. The Balaban J connectivity index is 1.64. The Morgan fingerprint density at radius 2 is 1.88 bits per heavy atom. The third-order valence-electron chi connectivity index (χ3n) is 6.85. The number of amides is 2. The summed E-state index contributed by atoms with van der Waals surface area (Å²) < 4.78 is 12.5. The summed E-state index contributed by atoms with van der Waals surface area (Å²) >= 11 is 0. The number of aryl methyl sites for hydroxylation is 1. The summed E-state index contributed by atoms with van der Waals surface area (Å²) in [7, 11) is 1.65. The molecule has 7 nitrogen and oxygen atoms in total. The third kappa shape index (κ3) is 5.42. The number of fused-ring (bicyclic) bond motifs is 5. The topological polar surface area (TPSA) is 71.1 Å². The van der Waals surface area contributed by atoms with Gasteiger partial charge in [0.15, 0.2) is 0 Å². The third-order valence-corrected chi connectivity index (χ3v) is 6.85. The van der Waals surface area contributed by atoms with Crippen molar-refractivity contribution in [3.05, 3.63) is 59.2 Å². The smallest absolute Gasteiger partial charge is 0.254 e. The van der Waals surface area contributed by atoms with Crippen molar-refractivity contribution in [3.8, 4) is 11.5 Å². The molecule has 1 fully saturated rings. The summed E-state index contributed by atoms with van der Waals surface area (Å²) in [6.07, 6.45) is 1.98. The Kier molecular flexibility index (Phi) is 7.54. The van der Waals surface area contributed by atoms with Crippen molar-refractivity contribution < 1.29 is 19.1 Å². The first-order chi connectivity index (χ1) is 16.4. The molecule has 0 unspecified atom stereocenters. The second kappa shape index (κ2) is 10.6. The van der Waals surface area contributed by atoms with Gasteiger partial charge in [-0.05, 0) is 55.2 Å². The van der Waals surface area contributed by atoms with Crippen LogP contribution in [-0.4, -0.2) is 66.5 Å². The number of hydrogen-bond donors (Lipinski definition) is 1. The summed E-state index contributed by atoms with van der Waals surface area (Å²) in [5, 5.41) is 3.14. The molecule has 4 rings (SSSR count). The molecular weight excluding hydrogens is 430 g/mol. The van der Waals surface area contributed by atoms with E-state index in [2.05, 4.69) is 24.1 Å². The number of nitrogens with one attached hydrogen (secondary N) is 1. The molecule has 4 bridgehead atoms. The second-order valence-corrected chi connectivity index (χ2v) is 9.34. The van der Waals surface area contributed by atoms with Gasteiger partial charge in [0.05, 0.1) is 25.3 Å². The molecule has 0 saturated carbocycles. The van der Waals surface area contributed by atoms with Crippen LogP contribution in [0.4, 0.5) is 0 Å². The van der Waals surface area contributed by atoms with Crippen molar-refractivity contribution >= 4 is 11.8 Å². The van der Waals surface area contributed by atoms with E-state index in [0.29, 0.717) is 29.7 Å². The lowest BCUT2D eigenvalue weighted by atomic mass is 10.1. The van der Waals surface area contributed by atoms with Crippen LogP contribution in [0.3, 0.4) is 0 Å². The summed E-state index contributed by atoms with van der Waals surface area (Å²) in [6.45, 7) is 8.26. The van der Waals surface area contributed by atoms with E-state index >= 15 is 0 Å². The van der Waals surface area contributed by atoms with Crippen LogP contribution in [0, 0.1) is 6.92 Å². The molecule has 7 heteroatoms. The fourth-order valence-electron chi connectivity index (χ4n) is 4.85. The minimum Gasteiger partial charge on any atom is -0.457 e. The normalized spacial score (nSPS) is 21.9. The van der Waals surface area contributed by atoms with E-state index in [-0.39, 0.29) is 30.5 Å². The Morgan fingerprint density at radius 3 is 2.65 bits per heavy atom. The molecule has 2 atom stereocenters. The van der Waals surface area contributed by atoms with Gasteiger partial charge < -0.3 is 19.7 Å². The van der Waals surface area contributed by atoms with Gasteiger partial charge in [-0.3, -0.25) is 14.5 Å². The molecule has 2 aliphatic rings. The van der Waals surface area contributed by atoms with Crippen LogP contribution in [-0.2, 0) is 16.1 Å². The quantitative estimate of drug-likeness (QED) is 0.748. The lowest BCUT2D eigenvalue weighted by molar-refractivity contribution is -0.123. The molecule has 0 aromatic heterocycles. The maximum absolute atomic E-state index is 13.0. The fourth-order valence-corrected chi connectivity index (χ4v) is 4.85. The number of ether oxygens (including phenoxy) is 2. The van der Waals surface area contributed by atoms with Gasteiger partial charge in [-0.15, -0.1) is 0 Å². The molecular formula is C27H35N3O4. The molecule has 1 N–H and O–H groups in total. The molecule has 2 amide bonds. The summed E-state index contributed by atoms with van der Waals surface area (Å²) in [6, 6.07) is 13.5. The first kappa shape index (κ1) is 24.2. The number of hydrogen-bond acceptors (Lipinski definition) is 5. The predicted octanol–water partition coefficient (Wildman–Crippen LogP) is 3.75. The highest BCUT2D eigenvalue weighted by molar-refractivity contribution is 5.96. The van der Waals surface area contributed by atoms with E-state index in [1.54, 1.807) is 19.2 Å². The average molecular weight is 466 g/mol. The zero-order chi connectivity index (χ0) is 24.2. The summed E-state index contributed by atoms with van der Waals surface area (Å²) in [5.74, 6) is 0.909. The minimum atomic E-state index is -0.223. The molecule has 0 spiro atoms. The van der Waals surface area contributed by atoms with E-state index in [4.69, 9.17) is 9.47 Å². The lowest BCUT2D eigenvalue weighted by Gasteiger charge is -2.25. The van der Waals surface area contributed by atoms with Crippen molar-refractivity contribution in [1.82, 2.24) is 15.1 Å². The molecule has 2 heterocycles.